The second-order valence-electron chi connectivity index (χ2n) is 6.06. The van der Waals surface area contributed by atoms with E-state index in [1.807, 2.05) is 0 Å². The average molecular weight is 243 g/mol. The molecule has 0 N–H and O–H groups in total. The van der Waals surface area contributed by atoms with Crippen molar-refractivity contribution in [3.8, 4) is 0 Å². The maximum absolute atomic E-state index is 2.97. The predicted molar refractivity (Wildman–Crippen MR) is 72.9 cm³/mol. The molecule has 1 saturated heterocycles. The van der Waals surface area contributed by atoms with Gasteiger partial charge in [-0.3, -0.25) is 0 Å². The summed E-state index contributed by atoms with van der Waals surface area (Å²) in [5, 5.41) is 3.02. The van der Waals surface area contributed by atoms with Crippen molar-refractivity contribution in [3.63, 3.8) is 0 Å². The summed E-state index contributed by atoms with van der Waals surface area (Å²) in [5.74, 6) is 0. The van der Waals surface area contributed by atoms with Gasteiger partial charge in [-0.15, -0.1) is 0 Å². The van der Waals surface area contributed by atoms with Crippen molar-refractivity contribution in [3.05, 3.63) is 0 Å². The molecule has 0 amide bonds. The Balaban J connectivity index is 2.03. The Kier molecular flexibility index (Phi) is 3.84. The second kappa shape index (κ2) is 4.80. The third-order valence-electron chi connectivity index (χ3n) is 3.76. The van der Waals surface area contributed by atoms with Gasteiger partial charge in [0, 0.05) is 11.6 Å². The van der Waals surface area contributed by atoms with E-state index in [9.17, 15) is 0 Å². The van der Waals surface area contributed by atoms with Crippen LogP contribution >= 0.6 is 11.8 Å². The minimum atomic E-state index is -0.518. The minimum absolute atomic E-state index is 0.430. The number of thioether (sulfide) groups is 1. The number of nitrogens with zero attached hydrogens (tertiary/aromatic N) is 1. The van der Waals surface area contributed by atoms with Gasteiger partial charge in [0.25, 0.3) is 0 Å². The van der Waals surface area contributed by atoms with Gasteiger partial charge in [0.15, 0.2) is 0 Å². The summed E-state index contributed by atoms with van der Waals surface area (Å²) in [4.78, 5) is 0. The van der Waals surface area contributed by atoms with Crippen molar-refractivity contribution >= 4 is 20.7 Å². The molecule has 1 heterocycles. The van der Waals surface area contributed by atoms with E-state index >= 15 is 0 Å². The molecule has 0 unspecified atom stereocenters. The average Bonchev–Trinajstić information content (AvgIpc) is 2.10. The molecule has 1 aliphatic carbocycles. The van der Waals surface area contributed by atoms with Crippen LogP contribution in [-0.4, -0.2) is 35.9 Å². The topological polar surface area (TPSA) is 3.24 Å². The Hall–Kier alpha value is 0.527. The van der Waals surface area contributed by atoms with Crippen molar-refractivity contribution in [2.75, 3.05) is 10.8 Å². The Labute approximate surface area is 101 Å². The first-order chi connectivity index (χ1) is 7.09. The van der Waals surface area contributed by atoms with E-state index in [1.165, 1.54) is 42.9 Å². The molecule has 2 rings (SSSR count). The lowest BCUT2D eigenvalue weighted by atomic mass is 9.93. The van der Waals surface area contributed by atoms with Gasteiger partial charge in [-0.2, -0.15) is 11.8 Å². The molecule has 0 atom stereocenters. The first-order valence-corrected chi connectivity index (χ1v) is 9.75. The molecular formula is C12H25NSSi. The first kappa shape index (κ1) is 12.0. The summed E-state index contributed by atoms with van der Waals surface area (Å²) in [6.07, 6.45) is 7.39. The Morgan fingerprint density at radius 2 is 1.67 bits per heavy atom. The zero-order valence-corrected chi connectivity index (χ0v) is 12.4. The second-order valence-corrected chi connectivity index (χ2v) is 11.0. The monoisotopic (exact) mass is 243 g/mol. The highest BCUT2D eigenvalue weighted by Crippen LogP contribution is 2.33. The van der Waals surface area contributed by atoms with E-state index in [4.69, 9.17) is 0 Å². The van der Waals surface area contributed by atoms with Gasteiger partial charge in [-0.25, -0.2) is 0 Å². The molecule has 2 fully saturated rings. The molecule has 0 radical (unpaired) electrons. The summed E-state index contributed by atoms with van der Waals surface area (Å²) in [5.41, 5.74) is 0.430. The fourth-order valence-electron chi connectivity index (χ4n) is 3.14. The van der Waals surface area contributed by atoms with Crippen LogP contribution in [-0.2, 0) is 0 Å². The van der Waals surface area contributed by atoms with E-state index in [-0.39, 0.29) is 0 Å². The molecule has 2 aliphatic rings. The SMILES string of the molecule is CC(C)(C)N(C1CCCCC1)[SiH]1CSC1. The number of hydrogen-bond acceptors (Lipinski definition) is 2. The number of hydrogen-bond donors (Lipinski definition) is 0. The van der Waals surface area contributed by atoms with Crippen molar-refractivity contribution < 1.29 is 0 Å². The lowest BCUT2D eigenvalue weighted by molar-refractivity contribution is 0.150. The van der Waals surface area contributed by atoms with Gasteiger partial charge in [0.1, 0.15) is 8.96 Å². The van der Waals surface area contributed by atoms with E-state index in [2.05, 4.69) is 37.1 Å². The van der Waals surface area contributed by atoms with E-state index in [0.29, 0.717) is 5.54 Å². The quantitative estimate of drug-likeness (QED) is 0.686. The largest absolute Gasteiger partial charge is 0.317 e. The van der Waals surface area contributed by atoms with Gasteiger partial charge >= 0.3 is 0 Å². The molecule has 1 nitrogen and oxygen atoms in total. The summed E-state index contributed by atoms with van der Waals surface area (Å²) >= 11 is 2.17. The Morgan fingerprint density at radius 1 is 1.07 bits per heavy atom. The van der Waals surface area contributed by atoms with E-state index in [1.54, 1.807) is 0 Å². The Bertz CT molecular complexity index is 204. The molecule has 0 aromatic rings. The molecular weight excluding hydrogens is 218 g/mol. The molecule has 0 aromatic carbocycles. The van der Waals surface area contributed by atoms with Gasteiger partial charge in [0.2, 0.25) is 0 Å². The zero-order valence-electron chi connectivity index (χ0n) is 10.5. The maximum Gasteiger partial charge on any atom is 0.132 e. The standard InChI is InChI=1S/C12H25NSSi/c1-12(2,3)13(15-9-14-10-15)11-7-5-4-6-8-11/h11,15H,4-10H2,1-3H3. The van der Waals surface area contributed by atoms with Crippen LogP contribution in [0.2, 0.25) is 0 Å². The van der Waals surface area contributed by atoms with Crippen molar-refractivity contribution in [1.82, 2.24) is 4.57 Å². The third-order valence-corrected chi connectivity index (χ3v) is 10.7. The smallest absolute Gasteiger partial charge is 0.132 e. The van der Waals surface area contributed by atoms with Crippen LogP contribution in [0.5, 0.6) is 0 Å². The molecule has 0 bridgehead atoms. The summed E-state index contributed by atoms with van der Waals surface area (Å²) < 4.78 is 2.97. The fraction of sp³-hybridized carbons (Fsp3) is 1.00. The van der Waals surface area contributed by atoms with Crippen LogP contribution in [0.25, 0.3) is 0 Å². The lowest BCUT2D eigenvalue weighted by Crippen LogP contribution is -2.61. The molecule has 3 heteroatoms. The Morgan fingerprint density at radius 3 is 2.07 bits per heavy atom. The highest BCUT2D eigenvalue weighted by molar-refractivity contribution is 8.05. The van der Waals surface area contributed by atoms with Crippen molar-refractivity contribution in [2.24, 2.45) is 0 Å². The summed E-state index contributed by atoms with van der Waals surface area (Å²) in [6, 6.07) is 0.941. The van der Waals surface area contributed by atoms with Crippen LogP contribution < -0.4 is 0 Å². The van der Waals surface area contributed by atoms with Crippen LogP contribution in [0.4, 0.5) is 0 Å². The zero-order chi connectivity index (χ0) is 10.9. The van der Waals surface area contributed by atoms with Gasteiger partial charge in [-0.1, -0.05) is 19.3 Å². The molecule has 15 heavy (non-hydrogen) atoms. The lowest BCUT2D eigenvalue weighted by Gasteiger charge is -2.50. The first-order valence-electron chi connectivity index (χ1n) is 6.45. The van der Waals surface area contributed by atoms with Crippen molar-refractivity contribution in [2.45, 2.75) is 64.5 Å². The highest BCUT2D eigenvalue weighted by atomic mass is 32.2. The van der Waals surface area contributed by atoms with Crippen LogP contribution in [0.1, 0.15) is 52.9 Å². The minimum Gasteiger partial charge on any atom is -0.317 e. The van der Waals surface area contributed by atoms with Crippen LogP contribution in [0.3, 0.4) is 0 Å². The van der Waals surface area contributed by atoms with E-state index in [0.717, 1.165) is 6.04 Å². The molecule has 0 aromatic heterocycles. The number of rotatable bonds is 2. The fourth-order valence-corrected chi connectivity index (χ4v) is 8.20. The maximum atomic E-state index is 2.97. The molecule has 0 spiro atoms. The van der Waals surface area contributed by atoms with E-state index < -0.39 is 8.96 Å². The third kappa shape index (κ3) is 2.80. The van der Waals surface area contributed by atoms with Crippen molar-refractivity contribution in [1.29, 1.82) is 0 Å². The molecule has 88 valence electrons. The van der Waals surface area contributed by atoms with Gasteiger partial charge in [-0.05, 0) is 44.4 Å². The molecule has 1 saturated carbocycles. The summed E-state index contributed by atoms with van der Waals surface area (Å²) in [6.45, 7) is 7.28. The molecule has 1 aliphatic heterocycles. The summed E-state index contributed by atoms with van der Waals surface area (Å²) in [7, 11) is -0.518. The van der Waals surface area contributed by atoms with Gasteiger partial charge < -0.3 is 4.57 Å². The predicted octanol–water partition coefficient (Wildman–Crippen LogP) is 2.97. The van der Waals surface area contributed by atoms with Crippen LogP contribution in [0.15, 0.2) is 0 Å². The van der Waals surface area contributed by atoms with Gasteiger partial charge in [0.05, 0.1) is 0 Å². The normalized spacial score (nSPS) is 25.6. The van der Waals surface area contributed by atoms with Crippen LogP contribution in [0, 0.1) is 0 Å². The highest BCUT2D eigenvalue weighted by Gasteiger charge is 2.39.